The van der Waals surface area contributed by atoms with Crippen LogP contribution in [0.3, 0.4) is 0 Å². The molecule has 0 heterocycles. The van der Waals surface area contributed by atoms with Gasteiger partial charge in [0.2, 0.25) is 0 Å². The van der Waals surface area contributed by atoms with Gasteiger partial charge >= 0.3 is 29.6 Å². The number of hydrogen-bond acceptors (Lipinski definition) is 4. The second kappa shape index (κ2) is 6.83. The van der Waals surface area contributed by atoms with Gasteiger partial charge in [-0.1, -0.05) is 6.07 Å². The number of rotatable bonds is 3. The molecule has 0 aromatic carbocycles. The first kappa shape index (κ1) is 14.9. The number of halogens is 2. The summed E-state index contributed by atoms with van der Waals surface area (Å²) in [7, 11) is 0.887. The molecular weight excluding hydrogens is 195 g/mol. The quantitative estimate of drug-likeness (QED) is 0.211. The molecule has 4 nitrogen and oxygen atoms in total. The van der Waals surface area contributed by atoms with Gasteiger partial charge in [0.15, 0.2) is 5.97 Å². The smallest absolute Gasteiger partial charge is 0.490 e. The normalized spacial score (nSPS) is 8.23. The van der Waals surface area contributed by atoms with E-state index in [1.165, 1.54) is 0 Å². The van der Waals surface area contributed by atoms with Crippen LogP contribution in [-0.2, 0) is 14.3 Å². The SMILES string of the molecule is COC(=O)[C-](C#N)C(=O)C(F)F.[Na+]. The Kier molecular flexibility index (Phi) is 7.81. The van der Waals surface area contributed by atoms with Gasteiger partial charge in [-0.05, 0) is 0 Å². The molecule has 0 unspecified atom stereocenters. The van der Waals surface area contributed by atoms with Crippen LogP contribution in [0, 0.1) is 17.2 Å². The molecule has 7 heteroatoms. The summed E-state index contributed by atoms with van der Waals surface area (Å²) in [4.78, 5) is 20.8. The number of nitriles is 1. The zero-order valence-corrected chi connectivity index (χ0v) is 9.01. The summed E-state index contributed by atoms with van der Waals surface area (Å²) in [5.41, 5.74) is 0. The molecule has 0 bridgehead atoms. The molecule has 0 spiro atoms. The molecule has 66 valence electrons. The fraction of sp³-hybridized carbons (Fsp3) is 0.333. The van der Waals surface area contributed by atoms with Gasteiger partial charge < -0.3 is 9.53 Å². The number of Topliss-reactive ketones (excluding diaryl/α,β-unsaturated/α-hetero) is 1. The Bertz CT molecular complexity index is 239. The van der Waals surface area contributed by atoms with Crippen LogP contribution in [0.5, 0.6) is 0 Å². The van der Waals surface area contributed by atoms with E-state index in [1.54, 1.807) is 0 Å². The van der Waals surface area contributed by atoms with Crippen molar-refractivity contribution in [3.63, 3.8) is 0 Å². The third-order valence-corrected chi connectivity index (χ3v) is 0.946. The molecule has 0 rings (SSSR count). The second-order valence-electron chi connectivity index (χ2n) is 1.64. The number of hydrogen-bond donors (Lipinski definition) is 0. The zero-order valence-electron chi connectivity index (χ0n) is 7.01. The molecule has 0 saturated heterocycles. The van der Waals surface area contributed by atoms with Crippen LogP contribution < -0.4 is 29.6 Å². The number of carbonyl (C=O) groups excluding carboxylic acids is 2. The van der Waals surface area contributed by atoms with Gasteiger partial charge in [-0.25, -0.2) is 14.0 Å². The number of carbonyl (C=O) groups is 2. The average Bonchev–Trinajstić information content (AvgIpc) is 2.05. The van der Waals surface area contributed by atoms with E-state index < -0.39 is 24.1 Å². The maximum absolute atomic E-state index is 11.6. The standard InChI is InChI=1S/C6H4F2NO3.Na/c1-12-6(11)3(2-9)4(10)5(7)8;/h5H,1H3;/q-1;+1. The fourth-order valence-electron chi connectivity index (χ4n) is 0.413. The van der Waals surface area contributed by atoms with Crippen LogP contribution in [0.15, 0.2) is 0 Å². The molecule has 0 radical (unpaired) electrons. The maximum Gasteiger partial charge on any atom is 1.00 e. The summed E-state index contributed by atoms with van der Waals surface area (Å²) in [6.45, 7) is 0. The number of ether oxygens (including phenoxy) is 1. The van der Waals surface area contributed by atoms with E-state index in [9.17, 15) is 18.4 Å². The molecule has 0 atom stereocenters. The molecule has 0 aliphatic carbocycles. The van der Waals surface area contributed by atoms with Gasteiger partial charge in [0.1, 0.15) is 0 Å². The molecule has 0 aromatic rings. The summed E-state index contributed by atoms with van der Waals surface area (Å²) in [6, 6.07) is 1.05. The van der Waals surface area contributed by atoms with Crippen LogP contribution in [-0.4, -0.2) is 25.3 Å². The van der Waals surface area contributed by atoms with Crippen molar-refractivity contribution in [2.24, 2.45) is 0 Å². The first-order chi connectivity index (χ1) is 5.54. The van der Waals surface area contributed by atoms with Crippen molar-refractivity contribution in [1.29, 1.82) is 5.26 Å². The van der Waals surface area contributed by atoms with Gasteiger partial charge in [-0.15, -0.1) is 5.92 Å². The summed E-state index contributed by atoms with van der Waals surface area (Å²) in [5, 5.41) is 8.10. The molecule has 0 aromatic heterocycles. The molecule has 0 amide bonds. The average molecular weight is 199 g/mol. The van der Waals surface area contributed by atoms with Crippen molar-refractivity contribution in [1.82, 2.24) is 0 Å². The third-order valence-electron chi connectivity index (χ3n) is 0.946. The van der Waals surface area contributed by atoms with Crippen LogP contribution in [0.1, 0.15) is 0 Å². The first-order valence-corrected chi connectivity index (χ1v) is 2.72. The molecular formula is C6H4F2NNaO3. The van der Waals surface area contributed by atoms with E-state index in [4.69, 9.17) is 5.26 Å². The number of nitrogens with zero attached hydrogens (tertiary/aromatic N) is 1. The van der Waals surface area contributed by atoms with Gasteiger partial charge in [0.05, 0.1) is 12.9 Å². The summed E-state index contributed by atoms with van der Waals surface area (Å²) in [6.07, 6.45) is -3.36. The molecule has 13 heavy (non-hydrogen) atoms. The van der Waals surface area contributed by atoms with Crippen molar-refractivity contribution in [3.8, 4) is 6.07 Å². The van der Waals surface area contributed by atoms with Crippen molar-refractivity contribution in [3.05, 3.63) is 5.92 Å². The number of esters is 1. The molecule has 0 N–H and O–H groups in total. The minimum Gasteiger partial charge on any atom is -0.490 e. The molecule has 0 fully saturated rings. The van der Waals surface area contributed by atoms with Crippen LogP contribution in [0.4, 0.5) is 8.78 Å². The van der Waals surface area contributed by atoms with Crippen molar-refractivity contribution >= 4 is 11.8 Å². The molecule has 0 saturated carbocycles. The Hall–Kier alpha value is -0.640. The Balaban J connectivity index is 0. The minimum absolute atomic E-state index is 0. The number of ketones is 1. The van der Waals surface area contributed by atoms with Crippen LogP contribution in [0.2, 0.25) is 0 Å². The third kappa shape index (κ3) is 4.22. The van der Waals surface area contributed by atoms with Gasteiger partial charge in [0, 0.05) is 0 Å². The Morgan fingerprint density at radius 3 is 2.23 bits per heavy atom. The topological polar surface area (TPSA) is 67.2 Å². The molecule has 0 aliphatic heterocycles. The van der Waals surface area contributed by atoms with E-state index in [1.807, 2.05) is 0 Å². The van der Waals surface area contributed by atoms with Gasteiger partial charge in [-0.2, -0.15) is 0 Å². The van der Waals surface area contributed by atoms with Crippen LogP contribution >= 0.6 is 0 Å². The summed E-state index contributed by atoms with van der Waals surface area (Å²) < 4.78 is 27.2. The van der Waals surface area contributed by atoms with Gasteiger partial charge in [-0.3, -0.25) is 4.79 Å². The largest absolute Gasteiger partial charge is 1.00 e. The van der Waals surface area contributed by atoms with Crippen molar-refractivity contribution in [2.75, 3.05) is 7.11 Å². The summed E-state index contributed by atoms with van der Waals surface area (Å²) in [5.74, 6) is -4.35. The first-order valence-electron chi connectivity index (χ1n) is 2.72. The minimum atomic E-state index is -3.36. The Morgan fingerprint density at radius 1 is 1.54 bits per heavy atom. The predicted molar refractivity (Wildman–Crippen MR) is 31.9 cm³/mol. The van der Waals surface area contributed by atoms with E-state index in [0.717, 1.165) is 13.2 Å². The predicted octanol–water partition coefficient (Wildman–Crippen LogP) is -2.90. The van der Waals surface area contributed by atoms with E-state index in [2.05, 4.69) is 4.74 Å². The van der Waals surface area contributed by atoms with E-state index >= 15 is 0 Å². The monoisotopic (exact) mass is 199 g/mol. The van der Waals surface area contributed by atoms with E-state index in [0.29, 0.717) is 0 Å². The van der Waals surface area contributed by atoms with E-state index in [-0.39, 0.29) is 29.6 Å². The Morgan fingerprint density at radius 2 is 2.00 bits per heavy atom. The number of alkyl halides is 2. The molecule has 0 aliphatic rings. The maximum atomic E-state index is 11.6. The van der Waals surface area contributed by atoms with Gasteiger partial charge in [0.25, 0.3) is 6.43 Å². The Labute approximate surface area is 95.1 Å². The summed E-state index contributed by atoms with van der Waals surface area (Å²) >= 11 is 0. The van der Waals surface area contributed by atoms with Crippen molar-refractivity contribution < 1.29 is 52.7 Å². The zero-order chi connectivity index (χ0) is 9.72. The second-order valence-corrected chi connectivity index (χ2v) is 1.64. The fourth-order valence-corrected chi connectivity index (χ4v) is 0.413. The number of methoxy groups -OCH3 is 1. The van der Waals surface area contributed by atoms with Crippen LogP contribution in [0.25, 0.3) is 0 Å². The van der Waals surface area contributed by atoms with Crippen molar-refractivity contribution in [2.45, 2.75) is 6.43 Å².